The summed E-state index contributed by atoms with van der Waals surface area (Å²) in [4.78, 5) is 0. The van der Waals surface area contributed by atoms with E-state index in [4.69, 9.17) is 5.73 Å². The number of benzene rings is 1. The van der Waals surface area contributed by atoms with Gasteiger partial charge >= 0.3 is 0 Å². The molecule has 0 aliphatic heterocycles. The first kappa shape index (κ1) is 15.3. The summed E-state index contributed by atoms with van der Waals surface area (Å²) >= 11 is 6.68. The number of phenols is 1. The largest absolute Gasteiger partial charge is 0.506 e. The highest BCUT2D eigenvalue weighted by molar-refractivity contribution is 9.11. The number of hydrogen-bond donors (Lipinski definition) is 3. The van der Waals surface area contributed by atoms with Gasteiger partial charge in [0.2, 0.25) is 0 Å². The third kappa shape index (κ3) is 3.51. The molecule has 3 nitrogen and oxygen atoms in total. The Labute approximate surface area is 130 Å². The maximum atomic E-state index is 10.4. The van der Waals surface area contributed by atoms with Gasteiger partial charge in [-0.3, -0.25) is 0 Å². The van der Waals surface area contributed by atoms with E-state index in [-0.39, 0.29) is 11.7 Å². The molecule has 2 atom stereocenters. The average molecular weight is 393 g/mol. The molecule has 106 valence electrons. The molecule has 2 rings (SSSR count). The van der Waals surface area contributed by atoms with Crippen LogP contribution in [0.1, 0.15) is 43.7 Å². The van der Waals surface area contributed by atoms with Crippen LogP contribution in [-0.4, -0.2) is 16.3 Å². The lowest BCUT2D eigenvalue weighted by Gasteiger charge is -2.31. The van der Waals surface area contributed by atoms with Crippen LogP contribution in [0.15, 0.2) is 21.1 Å². The third-order valence-electron chi connectivity index (χ3n) is 3.92. The van der Waals surface area contributed by atoms with Crippen LogP contribution in [0.25, 0.3) is 0 Å². The summed E-state index contributed by atoms with van der Waals surface area (Å²) in [6.45, 7) is 0. The monoisotopic (exact) mass is 391 g/mol. The van der Waals surface area contributed by atoms with Gasteiger partial charge in [-0.15, -0.1) is 0 Å². The molecule has 19 heavy (non-hydrogen) atoms. The van der Waals surface area contributed by atoms with E-state index < -0.39 is 12.1 Å². The Hall–Kier alpha value is -0.100. The van der Waals surface area contributed by atoms with E-state index in [0.29, 0.717) is 10.0 Å². The van der Waals surface area contributed by atoms with Crippen LogP contribution in [0.2, 0.25) is 0 Å². The Morgan fingerprint density at radius 1 is 1.16 bits per heavy atom. The van der Waals surface area contributed by atoms with Crippen molar-refractivity contribution in [2.75, 3.05) is 0 Å². The van der Waals surface area contributed by atoms with Gasteiger partial charge in [0.1, 0.15) is 5.75 Å². The first-order chi connectivity index (χ1) is 9.00. The lowest BCUT2D eigenvalue weighted by Crippen LogP contribution is -2.34. The number of nitrogens with two attached hydrogens (primary N) is 1. The van der Waals surface area contributed by atoms with Gasteiger partial charge in [0.15, 0.2) is 0 Å². The highest BCUT2D eigenvalue weighted by atomic mass is 79.9. The fourth-order valence-corrected chi connectivity index (χ4v) is 4.05. The average Bonchev–Trinajstić information content (AvgIpc) is 2.42. The Kier molecular flexibility index (Phi) is 5.29. The van der Waals surface area contributed by atoms with E-state index >= 15 is 0 Å². The van der Waals surface area contributed by atoms with Crippen LogP contribution in [0.5, 0.6) is 5.75 Å². The molecule has 0 heterocycles. The SMILES string of the molecule is N[C@H](c1cc(Br)cc(Br)c1O)[C@@H](O)C1CCCCC1. The topological polar surface area (TPSA) is 66.5 Å². The maximum absolute atomic E-state index is 10.4. The first-order valence-electron chi connectivity index (χ1n) is 6.62. The number of hydrogen-bond acceptors (Lipinski definition) is 3. The van der Waals surface area contributed by atoms with Crippen molar-refractivity contribution in [1.82, 2.24) is 0 Å². The van der Waals surface area contributed by atoms with Gasteiger partial charge in [0, 0.05) is 10.0 Å². The number of aromatic hydroxyl groups is 1. The Morgan fingerprint density at radius 2 is 1.79 bits per heavy atom. The minimum Gasteiger partial charge on any atom is -0.506 e. The molecule has 1 aromatic carbocycles. The van der Waals surface area contributed by atoms with E-state index in [0.717, 1.165) is 30.2 Å². The van der Waals surface area contributed by atoms with Crippen molar-refractivity contribution in [3.63, 3.8) is 0 Å². The summed E-state index contributed by atoms with van der Waals surface area (Å²) in [5, 5.41) is 20.5. The second kappa shape index (κ2) is 6.57. The van der Waals surface area contributed by atoms with E-state index in [1.807, 2.05) is 0 Å². The van der Waals surface area contributed by atoms with Gasteiger partial charge < -0.3 is 15.9 Å². The van der Waals surface area contributed by atoms with Crippen LogP contribution in [0.3, 0.4) is 0 Å². The van der Waals surface area contributed by atoms with Crippen LogP contribution in [0, 0.1) is 5.92 Å². The minimum absolute atomic E-state index is 0.116. The lowest BCUT2D eigenvalue weighted by atomic mass is 9.81. The van der Waals surface area contributed by atoms with Crippen molar-refractivity contribution in [2.24, 2.45) is 11.7 Å². The van der Waals surface area contributed by atoms with Gasteiger partial charge in [0.25, 0.3) is 0 Å². The molecule has 0 bridgehead atoms. The second-order valence-electron chi connectivity index (χ2n) is 5.24. The predicted octanol–water partition coefficient (Wildman–Crippen LogP) is 3.86. The summed E-state index contributed by atoms with van der Waals surface area (Å²) in [5.41, 5.74) is 6.74. The zero-order valence-corrected chi connectivity index (χ0v) is 13.8. The van der Waals surface area contributed by atoms with Crippen molar-refractivity contribution in [3.8, 4) is 5.75 Å². The van der Waals surface area contributed by atoms with E-state index in [9.17, 15) is 10.2 Å². The summed E-state index contributed by atoms with van der Waals surface area (Å²) < 4.78 is 1.42. The number of aliphatic hydroxyl groups excluding tert-OH is 1. The molecule has 4 N–H and O–H groups in total. The summed E-state index contributed by atoms with van der Waals surface area (Å²) in [6, 6.07) is 2.98. The summed E-state index contributed by atoms with van der Waals surface area (Å²) in [6.07, 6.45) is 4.99. The number of phenolic OH excluding ortho intramolecular Hbond substituents is 1. The van der Waals surface area contributed by atoms with E-state index in [1.165, 1.54) is 6.42 Å². The minimum atomic E-state index is -0.604. The number of rotatable bonds is 3. The summed E-state index contributed by atoms with van der Waals surface area (Å²) in [7, 11) is 0. The van der Waals surface area contributed by atoms with Crippen molar-refractivity contribution < 1.29 is 10.2 Å². The zero-order valence-electron chi connectivity index (χ0n) is 10.6. The maximum Gasteiger partial charge on any atom is 0.134 e. The molecular weight excluding hydrogens is 374 g/mol. The molecule has 0 aromatic heterocycles. The Bertz CT molecular complexity index is 447. The first-order valence-corrected chi connectivity index (χ1v) is 8.21. The van der Waals surface area contributed by atoms with Crippen molar-refractivity contribution >= 4 is 31.9 Å². The van der Waals surface area contributed by atoms with Crippen LogP contribution in [-0.2, 0) is 0 Å². The fraction of sp³-hybridized carbons (Fsp3) is 0.571. The number of halogens is 2. The van der Waals surface area contributed by atoms with Crippen LogP contribution < -0.4 is 5.73 Å². The van der Waals surface area contributed by atoms with E-state index in [2.05, 4.69) is 31.9 Å². The highest BCUT2D eigenvalue weighted by Gasteiger charge is 2.29. The van der Waals surface area contributed by atoms with Gasteiger partial charge in [-0.05, 0) is 46.8 Å². The molecule has 0 spiro atoms. The molecule has 1 aliphatic carbocycles. The van der Waals surface area contributed by atoms with Gasteiger partial charge in [-0.1, -0.05) is 35.2 Å². The molecule has 0 unspecified atom stereocenters. The third-order valence-corrected chi connectivity index (χ3v) is 4.98. The molecular formula is C14H19Br2NO2. The quantitative estimate of drug-likeness (QED) is 0.731. The zero-order chi connectivity index (χ0) is 14.0. The molecule has 0 saturated heterocycles. The van der Waals surface area contributed by atoms with Crippen molar-refractivity contribution in [3.05, 3.63) is 26.6 Å². The highest BCUT2D eigenvalue weighted by Crippen LogP contribution is 2.38. The van der Waals surface area contributed by atoms with Gasteiger partial charge in [0.05, 0.1) is 16.6 Å². The van der Waals surface area contributed by atoms with Crippen LogP contribution >= 0.6 is 31.9 Å². The van der Waals surface area contributed by atoms with Gasteiger partial charge in [-0.25, -0.2) is 0 Å². The molecule has 1 fully saturated rings. The Morgan fingerprint density at radius 3 is 2.42 bits per heavy atom. The molecule has 1 aromatic rings. The van der Waals surface area contributed by atoms with Crippen molar-refractivity contribution in [2.45, 2.75) is 44.2 Å². The molecule has 1 aliphatic rings. The molecule has 0 amide bonds. The second-order valence-corrected chi connectivity index (χ2v) is 7.01. The standard InChI is InChI=1S/C14H19Br2NO2/c15-9-6-10(14(19)11(16)7-9)12(17)13(18)8-4-2-1-3-5-8/h6-8,12-13,18-19H,1-5,17H2/t12-,13+/m1/s1. The van der Waals surface area contributed by atoms with E-state index in [1.54, 1.807) is 12.1 Å². The molecule has 5 heteroatoms. The predicted molar refractivity (Wildman–Crippen MR) is 83.0 cm³/mol. The number of aliphatic hydroxyl groups is 1. The van der Waals surface area contributed by atoms with Crippen molar-refractivity contribution in [1.29, 1.82) is 0 Å². The van der Waals surface area contributed by atoms with Crippen LogP contribution in [0.4, 0.5) is 0 Å². The Balaban J connectivity index is 2.20. The smallest absolute Gasteiger partial charge is 0.134 e. The normalized spacial score (nSPS) is 20.2. The fourth-order valence-electron chi connectivity index (χ4n) is 2.79. The molecule has 0 radical (unpaired) electrons. The molecule has 1 saturated carbocycles. The lowest BCUT2D eigenvalue weighted by molar-refractivity contribution is 0.0610. The van der Waals surface area contributed by atoms with Gasteiger partial charge in [-0.2, -0.15) is 0 Å². The summed E-state index contributed by atoms with van der Waals surface area (Å²) in [5.74, 6) is 0.353.